The van der Waals surface area contributed by atoms with Crippen LogP contribution in [0.4, 0.5) is 0 Å². The highest BCUT2D eigenvalue weighted by molar-refractivity contribution is 7.07. The molecule has 0 saturated heterocycles. The van der Waals surface area contributed by atoms with Gasteiger partial charge in [0, 0.05) is 0 Å². The minimum absolute atomic E-state index is 1.33. The molecule has 0 N–H and O–H groups in total. The molecule has 2 aliphatic heterocycles. The van der Waals surface area contributed by atoms with Gasteiger partial charge in [-0.05, 0) is 109 Å². The number of hydrogen-bond acceptors (Lipinski definition) is 0. The number of fused-ring (bicyclic) bond motifs is 13. The van der Waals surface area contributed by atoms with Gasteiger partial charge in [-0.25, -0.2) is 0 Å². The monoisotopic (exact) mass is 644 g/mol. The van der Waals surface area contributed by atoms with E-state index in [4.69, 9.17) is 0 Å². The van der Waals surface area contributed by atoms with Gasteiger partial charge in [-0.1, -0.05) is 160 Å². The number of hydrogen-bond donors (Lipinski definition) is 0. The highest BCUT2D eigenvalue weighted by Crippen LogP contribution is 2.46. The number of rotatable bonds is 2. The van der Waals surface area contributed by atoms with Gasteiger partial charge in [0.2, 0.25) is 0 Å². The zero-order valence-electron chi connectivity index (χ0n) is 27.9. The summed E-state index contributed by atoms with van der Waals surface area (Å²) in [6, 6.07) is 50.9. The van der Waals surface area contributed by atoms with Gasteiger partial charge in [0.05, 0.1) is 0 Å². The van der Waals surface area contributed by atoms with Crippen LogP contribution in [0.5, 0.6) is 0 Å². The van der Waals surface area contributed by atoms with E-state index in [1.54, 1.807) is 10.4 Å². The first-order valence-electron chi connectivity index (χ1n) is 17.2. The normalized spacial score (nSPS) is 16.1. The molecule has 8 aromatic rings. The molecule has 0 spiro atoms. The van der Waals surface area contributed by atoms with Crippen molar-refractivity contribution in [2.75, 3.05) is 0 Å². The van der Waals surface area contributed by atoms with Crippen molar-refractivity contribution in [2.45, 2.75) is 26.2 Å². The van der Waals surface area contributed by atoms with Crippen molar-refractivity contribution in [3.63, 3.8) is 0 Å². The predicted octanol–water partition coefficient (Wildman–Crippen LogP) is 11.5. The van der Waals surface area contributed by atoms with Crippen molar-refractivity contribution in [1.82, 2.24) is 0 Å². The van der Waals surface area contributed by atoms with Crippen LogP contribution in [0.1, 0.15) is 22.3 Å². The highest BCUT2D eigenvalue weighted by atomic mass is 28.3. The predicted molar refractivity (Wildman–Crippen MR) is 217 cm³/mol. The molecule has 0 atom stereocenters. The summed E-state index contributed by atoms with van der Waals surface area (Å²) in [5.74, 6) is 0. The van der Waals surface area contributed by atoms with Gasteiger partial charge in [0.25, 0.3) is 0 Å². The Balaban J connectivity index is 1.33. The Labute approximate surface area is 283 Å². The topological polar surface area (TPSA) is 0 Å². The molecule has 48 heavy (non-hydrogen) atoms. The largest absolute Gasteiger partial charge is 0.113 e. The minimum Gasteiger partial charge on any atom is -0.0623 e. The van der Waals surface area contributed by atoms with Crippen molar-refractivity contribution in [1.29, 1.82) is 0 Å². The summed E-state index contributed by atoms with van der Waals surface area (Å²) in [5, 5.41) is 19.6. The van der Waals surface area contributed by atoms with Gasteiger partial charge in [-0.2, -0.15) is 0 Å². The third kappa shape index (κ3) is 3.70. The Kier molecular flexibility index (Phi) is 5.70. The fourth-order valence-electron chi connectivity index (χ4n) is 9.24. The quantitative estimate of drug-likeness (QED) is 0.130. The lowest BCUT2D eigenvalue weighted by Gasteiger charge is -2.24. The molecule has 0 amide bonds. The molecule has 0 radical (unpaired) electrons. The number of benzene rings is 8. The lowest BCUT2D eigenvalue weighted by molar-refractivity contribution is 1.69. The molecule has 0 saturated carbocycles. The van der Waals surface area contributed by atoms with Crippen molar-refractivity contribution < 1.29 is 0 Å². The highest BCUT2D eigenvalue weighted by Gasteiger charge is 2.37. The first-order valence-corrected chi connectivity index (χ1v) is 23.2. The summed E-state index contributed by atoms with van der Waals surface area (Å²) in [4.78, 5) is 0. The van der Waals surface area contributed by atoms with E-state index in [1.165, 1.54) is 86.5 Å². The van der Waals surface area contributed by atoms with Crippen LogP contribution in [0.15, 0.2) is 133 Å². The second kappa shape index (κ2) is 9.76. The molecule has 2 heterocycles. The van der Waals surface area contributed by atoms with Gasteiger partial charge >= 0.3 is 0 Å². The van der Waals surface area contributed by atoms with Crippen LogP contribution in [-0.4, -0.2) is 16.1 Å². The van der Waals surface area contributed by atoms with Crippen molar-refractivity contribution in [2.24, 2.45) is 0 Å². The van der Waals surface area contributed by atoms with E-state index in [9.17, 15) is 0 Å². The van der Waals surface area contributed by atoms with Crippen LogP contribution in [0.25, 0.3) is 76.4 Å². The molecule has 0 nitrogen and oxygen atoms in total. The Morgan fingerprint density at radius 3 is 1.10 bits per heavy atom. The second-order valence-corrected chi connectivity index (χ2v) is 23.6. The Bertz CT molecular complexity index is 2580. The maximum Gasteiger partial charge on any atom is 0.113 e. The van der Waals surface area contributed by atoms with Crippen LogP contribution in [-0.2, 0) is 0 Å². The van der Waals surface area contributed by atoms with E-state index >= 15 is 0 Å². The van der Waals surface area contributed by atoms with E-state index in [2.05, 4.69) is 172 Å². The first-order chi connectivity index (χ1) is 23.3. The average Bonchev–Trinajstić information content (AvgIpc) is 3.55. The van der Waals surface area contributed by atoms with E-state index < -0.39 is 16.1 Å². The van der Waals surface area contributed by atoms with Crippen LogP contribution in [0.3, 0.4) is 0 Å². The lowest BCUT2D eigenvalue weighted by atomic mass is 9.86. The smallest absolute Gasteiger partial charge is 0.0623 e. The molecular weight excluding hydrogens is 609 g/mol. The zero-order chi connectivity index (χ0) is 32.4. The van der Waals surface area contributed by atoms with E-state index in [0.717, 1.165) is 0 Å². The molecule has 228 valence electrons. The fraction of sp³-hybridized carbons (Fsp3) is 0.0870. The molecule has 0 bridgehead atoms. The molecule has 0 aromatic heterocycles. The molecule has 0 fully saturated rings. The first kappa shape index (κ1) is 28.0. The Hall–Kier alpha value is -5.03. The average molecular weight is 645 g/mol. The lowest BCUT2D eigenvalue weighted by Crippen LogP contribution is -2.40. The third-order valence-electron chi connectivity index (χ3n) is 11.6. The van der Waals surface area contributed by atoms with Crippen molar-refractivity contribution >= 4 is 103 Å². The molecule has 0 aliphatic carbocycles. The van der Waals surface area contributed by atoms with Gasteiger partial charge < -0.3 is 0 Å². The molecule has 0 unspecified atom stereocenters. The second-order valence-electron chi connectivity index (χ2n) is 14.9. The van der Waals surface area contributed by atoms with E-state index in [1.807, 2.05) is 0 Å². The maximum absolute atomic E-state index is 2.53. The van der Waals surface area contributed by atoms with Gasteiger partial charge in [0.1, 0.15) is 16.1 Å². The fourth-order valence-corrected chi connectivity index (χ4v) is 15.4. The summed E-state index contributed by atoms with van der Waals surface area (Å²) in [7, 11) is -3.68. The van der Waals surface area contributed by atoms with Crippen LogP contribution in [0, 0.1) is 0 Å². The molecular formula is C46H36Si2. The van der Waals surface area contributed by atoms with Crippen molar-refractivity contribution in [3.05, 3.63) is 156 Å². The van der Waals surface area contributed by atoms with Gasteiger partial charge in [-0.15, -0.1) is 0 Å². The Morgan fingerprint density at radius 1 is 0.333 bits per heavy atom. The van der Waals surface area contributed by atoms with E-state index in [-0.39, 0.29) is 0 Å². The van der Waals surface area contributed by atoms with E-state index in [0.29, 0.717) is 0 Å². The molecule has 2 heteroatoms. The molecule has 2 aliphatic rings. The van der Waals surface area contributed by atoms with Crippen LogP contribution >= 0.6 is 0 Å². The summed E-state index contributed by atoms with van der Waals surface area (Å²) in [6.07, 6.45) is 4.95. The molecule has 10 rings (SSSR count). The van der Waals surface area contributed by atoms with Gasteiger partial charge in [-0.3, -0.25) is 0 Å². The van der Waals surface area contributed by atoms with Gasteiger partial charge in [0.15, 0.2) is 0 Å². The summed E-state index contributed by atoms with van der Waals surface area (Å²) >= 11 is 0. The molecule has 8 aromatic carbocycles. The third-order valence-corrected chi connectivity index (χ3v) is 18.8. The zero-order valence-corrected chi connectivity index (χ0v) is 29.9. The summed E-state index contributed by atoms with van der Waals surface area (Å²) in [5.41, 5.74) is 5.52. The SMILES string of the molecule is C[Si]1(C)C(c2ccc3c4ccccc4c4c5cc(C6=Cc7ccccc7[Si]6(C)C)ccc5c5ccccc5c4c3c2)=Cc2ccccc21. The van der Waals surface area contributed by atoms with Crippen LogP contribution in [0.2, 0.25) is 26.2 Å². The van der Waals surface area contributed by atoms with Crippen LogP contribution < -0.4 is 10.4 Å². The standard InChI is InChI=1S/C46H36Si2/c1-47(2)41-19-11-5-13-29(41)27-43(47)31-21-23-35-33-15-7-10-18-38(33)46-40-26-32(44-28-30-14-6-12-20-42(30)48(44,3)4)22-24-36(40)34-16-8-9-17-37(34)45(46)39(35)25-31/h5-28H,1-4H3. The maximum atomic E-state index is 2.53. The van der Waals surface area contributed by atoms with Crippen molar-refractivity contribution in [3.8, 4) is 0 Å². The minimum atomic E-state index is -1.84. The summed E-state index contributed by atoms with van der Waals surface area (Å²) in [6.45, 7) is 10.0. The Morgan fingerprint density at radius 2 is 0.688 bits per heavy atom. The summed E-state index contributed by atoms with van der Waals surface area (Å²) < 4.78 is 0.